The fraction of sp³-hybridized carbons (Fsp3) is 0.500. The van der Waals surface area contributed by atoms with E-state index < -0.39 is 47.9 Å². The second-order valence-corrected chi connectivity index (χ2v) is 9.73. The first-order valence-corrected chi connectivity index (χ1v) is 12.9. The van der Waals surface area contributed by atoms with Crippen molar-refractivity contribution in [3.8, 4) is 5.75 Å². The number of carboxylic acid groups (broad SMARTS) is 1. The topological polar surface area (TPSA) is 226 Å². The van der Waals surface area contributed by atoms with Gasteiger partial charge in [0.2, 0.25) is 17.7 Å². The number of nitrogens with zero attached hydrogens (tertiary/aromatic N) is 1. The number of aromatic nitrogens is 2. The first-order chi connectivity index (χ1) is 18.5. The largest absolute Gasteiger partial charge is 0.508 e. The number of benzene rings is 1. The summed E-state index contributed by atoms with van der Waals surface area (Å²) in [7, 11) is 0. The molecular formula is C26H39N7O6. The number of nitrogens with two attached hydrogens (primary N) is 2. The number of aliphatic carboxylic acids is 1. The minimum atomic E-state index is -1.27. The van der Waals surface area contributed by atoms with Gasteiger partial charge in [0, 0.05) is 24.7 Å². The van der Waals surface area contributed by atoms with E-state index in [4.69, 9.17) is 11.5 Å². The predicted octanol–water partition coefficient (Wildman–Crippen LogP) is -0.448. The maximum Gasteiger partial charge on any atom is 0.326 e. The van der Waals surface area contributed by atoms with Crippen LogP contribution in [0.2, 0.25) is 0 Å². The molecular weight excluding hydrogens is 506 g/mol. The molecule has 0 saturated carbocycles. The van der Waals surface area contributed by atoms with Gasteiger partial charge in [0.15, 0.2) is 0 Å². The molecule has 13 heteroatoms. The Kier molecular flexibility index (Phi) is 12.4. The van der Waals surface area contributed by atoms with Gasteiger partial charge in [-0.05, 0) is 49.4 Å². The van der Waals surface area contributed by atoms with E-state index in [-0.39, 0.29) is 30.9 Å². The maximum atomic E-state index is 13.2. The molecule has 0 fully saturated rings. The Morgan fingerprint density at radius 3 is 2.18 bits per heavy atom. The van der Waals surface area contributed by atoms with Gasteiger partial charge < -0.3 is 42.6 Å². The zero-order valence-corrected chi connectivity index (χ0v) is 22.2. The number of hydrogen-bond acceptors (Lipinski definition) is 8. The average Bonchev–Trinajstić information content (AvgIpc) is 3.40. The standard InChI is InChI=1S/C26H39N7O6/c1-15(2)22(33-23(35)19(28)12-17-13-29-14-30-17)25(37)31-20(5-3-4-10-27)24(36)32-21(26(38)39)11-16-6-8-18(34)9-7-16/h6-9,13-15,19-22,34H,3-5,10-12,27-28H2,1-2H3,(H,29,30)(H,31,37)(H,32,36)(H,33,35)(H,38,39). The molecule has 0 aliphatic carbocycles. The van der Waals surface area contributed by atoms with E-state index in [0.29, 0.717) is 30.6 Å². The number of H-pyrrole nitrogens is 1. The highest BCUT2D eigenvalue weighted by atomic mass is 16.4. The summed E-state index contributed by atoms with van der Waals surface area (Å²) in [6.45, 7) is 3.87. The van der Waals surface area contributed by atoms with Crippen molar-refractivity contribution in [3.05, 3.63) is 48.0 Å². The molecule has 0 bridgehead atoms. The minimum Gasteiger partial charge on any atom is -0.508 e. The van der Waals surface area contributed by atoms with E-state index in [9.17, 15) is 29.4 Å². The highest BCUT2D eigenvalue weighted by Crippen LogP contribution is 2.12. The molecule has 1 aromatic heterocycles. The fourth-order valence-corrected chi connectivity index (χ4v) is 3.88. The van der Waals surface area contributed by atoms with Crippen LogP contribution in [0.5, 0.6) is 5.75 Å². The summed E-state index contributed by atoms with van der Waals surface area (Å²) < 4.78 is 0. The number of nitrogens with one attached hydrogen (secondary N) is 4. The van der Waals surface area contributed by atoms with Crippen LogP contribution in [0.3, 0.4) is 0 Å². The molecule has 4 atom stereocenters. The number of aromatic amines is 1. The molecule has 13 nitrogen and oxygen atoms in total. The first-order valence-electron chi connectivity index (χ1n) is 12.9. The van der Waals surface area contributed by atoms with E-state index in [1.807, 2.05) is 0 Å². The number of carboxylic acids is 1. The van der Waals surface area contributed by atoms with E-state index >= 15 is 0 Å². The van der Waals surface area contributed by atoms with Gasteiger partial charge in [0.05, 0.1) is 12.4 Å². The summed E-state index contributed by atoms with van der Waals surface area (Å²) in [5.41, 5.74) is 12.8. The summed E-state index contributed by atoms with van der Waals surface area (Å²) in [4.78, 5) is 57.7. The smallest absolute Gasteiger partial charge is 0.326 e. The van der Waals surface area contributed by atoms with Crippen LogP contribution in [0.1, 0.15) is 44.4 Å². The first kappa shape index (κ1) is 31.2. The SMILES string of the molecule is CC(C)C(NC(=O)C(N)Cc1cnc[nH]1)C(=O)NC(CCCCN)C(=O)NC(Cc1ccc(O)cc1)C(=O)O. The lowest BCUT2D eigenvalue weighted by Crippen LogP contribution is -2.58. The lowest BCUT2D eigenvalue weighted by Gasteiger charge is -2.27. The quantitative estimate of drug-likeness (QED) is 0.128. The van der Waals surface area contributed by atoms with E-state index in [1.54, 1.807) is 32.2 Å². The number of rotatable bonds is 16. The van der Waals surface area contributed by atoms with Crippen molar-refractivity contribution in [2.75, 3.05) is 6.54 Å². The van der Waals surface area contributed by atoms with Crippen molar-refractivity contribution in [2.45, 2.75) is 70.1 Å². The highest BCUT2D eigenvalue weighted by molar-refractivity contribution is 5.94. The van der Waals surface area contributed by atoms with E-state index in [0.717, 1.165) is 0 Å². The Hall–Kier alpha value is -3.97. The molecule has 214 valence electrons. The molecule has 10 N–H and O–H groups in total. The third kappa shape index (κ3) is 10.4. The van der Waals surface area contributed by atoms with Crippen LogP contribution in [0.15, 0.2) is 36.8 Å². The van der Waals surface area contributed by atoms with Crippen LogP contribution in [0, 0.1) is 5.92 Å². The number of phenols is 1. The van der Waals surface area contributed by atoms with Crippen LogP contribution < -0.4 is 27.4 Å². The van der Waals surface area contributed by atoms with Crippen molar-refractivity contribution < 1.29 is 29.4 Å². The molecule has 0 saturated heterocycles. The molecule has 1 heterocycles. The zero-order chi connectivity index (χ0) is 28.9. The Balaban J connectivity index is 2.10. The van der Waals surface area contributed by atoms with Crippen LogP contribution in [-0.4, -0.2) is 74.6 Å². The Morgan fingerprint density at radius 1 is 0.949 bits per heavy atom. The van der Waals surface area contributed by atoms with Crippen LogP contribution >= 0.6 is 0 Å². The molecule has 2 rings (SSSR count). The number of carbonyl (C=O) groups excluding carboxylic acids is 3. The third-order valence-electron chi connectivity index (χ3n) is 6.15. The van der Waals surface area contributed by atoms with Gasteiger partial charge in [-0.1, -0.05) is 26.0 Å². The van der Waals surface area contributed by atoms with Gasteiger partial charge in [0.25, 0.3) is 0 Å². The van der Waals surface area contributed by atoms with Crippen molar-refractivity contribution in [3.63, 3.8) is 0 Å². The monoisotopic (exact) mass is 545 g/mol. The number of unbranched alkanes of at least 4 members (excludes halogenated alkanes) is 1. The summed E-state index contributed by atoms with van der Waals surface area (Å²) in [6, 6.07) is 1.73. The van der Waals surface area contributed by atoms with Crippen LogP contribution in [0.25, 0.3) is 0 Å². The third-order valence-corrected chi connectivity index (χ3v) is 6.15. The molecule has 2 aromatic rings. The van der Waals surface area contributed by atoms with Crippen molar-refractivity contribution in [1.82, 2.24) is 25.9 Å². The molecule has 0 aliphatic heterocycles. The number of carbonyl (C=O) groups is 4. The van der Waals surface area contributed by atoms with Crippen molar-refractivity contribution in [1.29, 1.82) is 0 Å². The number of phenolic OH excluding ortho intramolecular Hbond substituents is 1. The molecule has 4 unspecified atom stereocenters. The molecule has 0 radical (unpaired) electrons. The summed E-state index contributed by atoms with van der Waals surface area (Å²) in [6.07, 6.45) is 4.53. The van der Waals surface area contributed by atoms with Gasteiger partial charge in [-0.3, -0.25) is 14.4 Å². The van der Waals surface area contributed by atoms with Gasteiger partial charge in [-0.2, -0.15) is 0 Å². The van der Waals surface area contributed by atoms with E-state index in [1.165, 1.54) is 18.5 Å². The minimum absolute atomic E-state index is 0.0241. The number of hydrogen-bond donors (Lipinski definition) is 8. The van der Waals surface area contributed by atoms with Crippen molar-refractivity contribution in [2.24, 2.45) is 17.4 Å². The molecule has 0 spiro atoms. The molecule has 0 aliphatic rings. The molecule has 39 heavy (non-hydrogen) atoms. The van der Waals surface area contributed by atoms with Gasteiger partial charge in [-0.15, -0.1) is 0 Å². The Bertz CT molecular complexity index is 1070. The Labute approximate surface area is 227 Å². The lowest BCUT2D eigenvalue weighted by atomic mass is 10.0. The van der Waals surface area contributed by atoms with Gasteiger partial charge >= 0.3 is 5.97 Å². The lowest BCUT2D eigenvalue weighted by molar-refractivity contribution is -0.142. The van der Waals surface area contributed by atoms with Crippen molar-refractivity contribution >= 4 is 23.7 Å². The average molecular weight is 546 g/mol. The molecule has 1 aromatic carbocycles. The molecule has 3 amide bonds. The van der Waals surface area contributed by atoms with Crippen LogP contribution in [-0.2, 0) is 32.0 Å². The number of aromatic hydroxyl groups is 1. The summed E-state index contributed by atoms with van der Waals surface area (Å²) >= 11 is 0. The Morgan fingerprint density at radius 2 is 1.62 bits per heavy atom. The second kappa shape index (κ2) is 15.4. The zero-order valence-electron chi connectivity index (χ0n) is 22.2. The normalized spacial score (nSPS) is 14.2. The summed E-state index contributed by atoms with van der Waals surface area (Å²) in [5.74, 6) is -3.35. The van der Waals surface area contributed by atoms with Crippen LogP contribution in [0.4, 0.5) is 0 Å². The van der Waals surface area contributed by atoms with E-state index in [2.05, 4.69) is 25.9 Å². The maximum absolute atomic E-state index is 13.2. The summed E-state index contributed by atoms with van der Waals surface area (Å²) in [5, 5.41) is 27.0. The number of amides is 3. The van der Waals surface area contributed by atoms with Gasteiger partial charge in [0.1, 0.15) is 23.9 Å². The predicted molar refractivity (Wildman–Crippen MR) is 143 cm³/mol. The fourth-order valence-electron chi connectivity index (χ4n) is 3.88. The van der Waals surface area contributed by atoms with Gasteiger partial charge in [-0.25, -0.2) is 9.78 Å². The highest BCUT2D eigenvalue weighted by Gasteiger charge is 2.31. The second-order valence-electron chi connectivity index (χ2n) is 9.73. The number of imidazole rings is 1.